The van der Waals surface area contributed by atoms with Gasteiger partial charge >= 0.3 is 12.4 Å². The smallest absolute Gasteiger partial charge is 0.417 e. The third-order valence-corrected chi connectivity index (χ3v) is 4.73. The van der Waals surface area contributed by atoms with E-state index in [-0.39, 0.29) is 11.4 Å². The number of halogens is 6. The minimum absolute atomic E-state index is 0.267. The lowest BCUT2D eigenvalue weighted by Crippen LogP contribution is -2.05. The van der Waals surface area contributed by atoms with Gasteiger partial charge in [-0.25, -0.2) is 0 Å². The van der Waals surface area contributed by atoms with Crippen molar-refractivity contribution >= 4 is 0 Å². The first-order chi connectivity index (χ1) is 15.6. The molecule has 0 bridgehead atoms. The summed E-state index contributed by atoms with van der Waals surface area (Å²) in [6.45, 7) is 0. The average molecular weight is 460 g/mol. The molecule has 0 aliphatic heterocycles. The molecule has 0 saturated heterocycles. The highest BCUT2D eigenvalue weighted by Gasteiger charge is 2.31. The average Bonchev–Trinajstić information content (AvgIpc) is 2.79. The highest BCUT2D eigenvalue weighted by atomic mass is 19.4. The molecule has 0 aliphatic rings. The van der Waals surface area contributed by atoms with Gasteiger partial charge in [-0.2, -0.15) is 26.3 Å². The lowest BCUT2D eigenvalue weighted by Gasteiger charge is -2.15. The zero-order chi connectivity index (χ0) is 23.6. The number of ether oxygens (including phenoxy) is 1. The van der Waals surface area contributed by atoms with Crippen LogP contribution in [0.3, 0.4) is 0 Å². The summed E-state index contributed by atoms with van der Waals surface area (Å²) in [6, 6.07) is 17.6. The van der Waals surface area contributed by atoms with E-state index in [0.29, 0.717) is 22.6 Å². The molecule has 0 fully saturated rings. The van der Waals surface area contributed by atoms with Gasteiger partial charge in [-0.05, 0) is 48.5 Å². The Kier molecular flexibility index (Phi) is 5.80. The van der Waals surface area contributed by atoms with Gasteiger partial charge in [0.15, 0.2) is 0 Å². The minimum atomic E-state index is -4.50. The number of nitrogens with zero attached hydrogens (tertiary/aromatic N) is 2. The number of pyridine rings is 2. The maximum Gasteiger partial charge on any atom is 0.417 e. The Morgan fingerprint density at radius 2 is 0.909 bits per heavy atom. The molecule has 0 amide bonds. The van der Waals surface area contributed by atoms with Crippen LogP contribution >= 0.6 is 0 Å². The van der Waals surface area contributed by atoms with E-state index in [1.54, 1.807) is 48.5 Å². The fraction of sp³-hybridized carbons (Fsp3) is 0.0833. The van der Waals surface area contributed by atoms with Crippen LogP contribution in [0.25, 0.3) is 22.5 Å². The Bertz CT molecular complexity index is 1150. The van der Waals surface area contributed by atoms with Crippen molar-refractivity contribution in [3.63, 3.8) is 0 Å². The van der Waals surface area contributed by atoms with E-state index in [1.165, 1.54) is 12.1 Å². The maximum absolute atomic E-state index is 12.9. The van der Waals surface area contributed by atoms with Gasteiger partial charge in [-0.1, -0.05) is 24.3 Å². The summed E-state index contributed by atoms with van der Waals surface area (Å²) in [6.07, 6.45) is -7.53. The predicted octanol–water partition coefficient (Wildman–Crippen LogP) is 7.64. The van der Waals surface area contributed by atoms with Gasteiger partial charge in [0.25, 0.3) is 0 Å². The lowest BCUT2D eigenvalue weighted by molar-refractivity contribution is -0.138. The summed E-state index contributed by atoms with van der Waals surface area (Å²) >= 11 is 0. The van der Waals surface area contributed by atoms with Crippen molar-refractivity contribution in [3.05, 3.63) is 96.3 Å². The standard InChI is InChI=1S/C24H14F6N2O/c25-23(26,27)15-9-11-19(31-13-15)17-5-1-3-7-21(17)33-22-8-4-2-6-18(22)20-12-10-16(14-32-20)24(28,29)30/h1-14H. The van der Waals surface area contributed by atoms with E-state index in [4.69, 9.17) is 4.74 Å². The highest BCUT2D eigenvalue weighted by Crippen LogP contribution is 2.38. The molecule has 0 saturated carbocycles. The maximum atomic E-state index is 12.9. The topological polar surface area (TPSA) is 35.0 Å². The van der Waals surface area contributed by atoms with Crippen molar-refractivity contribution < 1.29 is 31.1 Å². The van der Waals surface area contributed by atoms with Crippen LogP contribution in [0.4, 0.5) is 26.3 Å². The molecule has 33 heavy (non-hydrogen) atoms. The molecule has 0 unspecified atom stereocenters. The number of para-hydroxylation sites is 2. The Balaban J connectivity index is 1.68. The molecule has 3 nitrogen and oxygen atoms in total. The molecule has 0 radical (unpaired) electrons. The van der Waals surface area contributed by atoms with Crippen LogP contribution < -0.4 is 4.74 Å². The second-order valence-electron chi connectivity index (χ2n) is 6.95. The first-order valence-electron chi connectivity index (χ1n) is 9.56. The van der Waals surface area contributed by atoms with Crippen molar-refractivity contribution in [1.29, 1.82) is 0 Å². The summed E-state index contributed by atoms with van der Waals surface area (Å²) in [5, 5.41) is 0. The molecule has 0 atom stereocenters. The number of hydrogen-bond donors (Lipinski definition) is 0. The van der Waals surface area contributed by atoms with E-state index in [0.717, 1.165) is 24.5 Å². The van der Waals surface area contributed by atoms with Gasteiger partial charge in [0, 0.05) is 23.5 Å². The molecule has 168 valence electrons. The van der Waals surface area contributed by atoms with Crippen molar-refractivity contribution in [3.8, 4) is 34.0 Å². The molecule has 9 heteroatoms. The van der Waals surface area contributed by atoms with E-state index < -0.39 is 23.5 Å². The molecular weight excluding hydrogens is 446 g/mol. The van der Waals surface area contributed by atoms with Gasteiger partial charge in [0.05, 0.1) is 22.5 Å². The monoisotopic (exact) mass is 460 g/mol. The molecular formula is C24H14F6N2O. The third kappa shape index (κ3) is 4.97. The number of benzene rings is 2. The quantitative estimate of drug-likeness (QED) is 0.294. The van der Waals surface area contributed by atoms with Crippen molar-refractivity contribution in [2.24, 2.45) is 0 Å². The Morgan fingerprint density at radius 3 is 1.24 bits per heavy atom. The van der Waals surface area contributed by atoms with E-state index in [2.05, 4.69) is 9.97 Å². The molecule has 2 heterocycles. The normalized spacial score (nSPS) is 11.9. The zero-order valence-electron chi connectivity index (χ0n) is 16.7. The Morgan fingerprint density at radius 1 is 0.515 bits per heavy atom. The van der Waals surface area contributed by atoms with Crippen LogP contribution in [0.1, 0.15) is 11.1 Å². The number of aromatic nitrogens is 2. The van der Waals surface area contributed by atoms with Crippen LogP contribution in [0.15, 0.2) is 85.2 Å². The molecule has 4 aromatic rings. The van der Waals surface area contributed by atoms with Crippen LogP contribution in [0, 0.1) is 0 Å². The molecule has 4 rings (SSSR count). The molecule has 2 aromatic heterocycles. The summed E-state index contributed by atoms with van der Waals surface area (Å²) in [4.78, 5) is 7.82. The number of hydrogen-bond acceptors (Lipinski definition) is 3. The van der Waals surface area contributed by atoms with Crippen LogP contribution in [0.5, 0.6) is 11.5 Å². The van der Waals surface area contributed by atoms with Crippen LogP contribution in [-0.2, 0) is 12.4 Å². The van der Waals surface area contributed by atoms with Gasteiger partial charge in [-0.3, -0.25) is 9.97 Å². The van der Waals surface area contributed by atoms with E-state index >= 15 is 0 Å². The third-order valence-electron chi connectivity index (χ3n) is 4.73. The molecule has 2 aromatic carbocycles. The second-order valence-corrected chi connectivity index (χ2v) is 6.95. The lowest BCUT2D eigenvalue weighted by atomic mass is 10.1. The Labute approximate surface area is 184 Å². The fourth-order valence-electron chi connectivity index (χ4n) is 3.09. The first kappa shape index (κ1) is 22.3. The Hall–Kier alpha value is -3.88. The van der Waals surface area contributed by atoms with Gasteiger partial charge in [-0.15, -0.1) is 0 Å². The predicted molar refractivity (Wildman–Crippen MR) is 109 cm³/mol. The van der Waals surface area contributed by atoms with Crippen molar-refractivity contribution in [1.82, 2.24) is 9.97 Å². The zero-order valence-corrected chi connectivity index (χ0v) is 16.7. The SMILES string of the molecule is FC(F)(F)c1ccc(-c2ccccc2Oc2ccccc2-c2ccc(C(F)(F)F)cn2)nc1. The number of alkyl halides is 6. The molecule has 0 N–H and O–H groups in total. The van der Waals surface area contributed by atoms with Gasteiger partial charge < -0.3 is 4.74 Å². The molecule has 0 spiro atoms. The van der Waals surface area contributed by atoms with Crippen molar-refractivity contribution in [2.45, 2.75) is 12.4 Å². The second kappa shape index (κ2) is 8.57. The summed E-state index contributed by atoms with van der Waals surface area (Å²) in [5.74, 6) is 0.619. The van der Waals surface area contributed by atoms with Crippen molar-refractivity contribution in [2.75, 3.05) is 0 Å². The number of rotatable bonds is 4. The van der Waals surface area contributed by atoms with E-state index in [1.807, 2.05) is 0 Å². The van der Waals surface area contributed by atoms with E-state index in [9.17, 15) is 26.3 Å². The first-order valence-corrected chi connectivity index (χ1v) is 9.56. The minimum Gasteiger partial charge on any atom is -0.456 e. The summed E-state index contributed by atoms with van der Waals surface area (Å²) < 4.78 is 83.1. The highest BCUT2D eigenvalue weighted by molar-refractivity contribution is 5.71. The largest absolute Gasteiger partial charge is 0.456 e. The van der Waals surface area contributed by atoms with Gasteiger partial charge in [0.2, 0.25) is 0 Å². The van der Waals surface area contributed by atoms with Crippen LogP contribution in [0.2, 0.25) is 0 Å². The molecule has 0 aliphatic carbocycles. The van der Waals surface area contributed by atoms with Crippen LogP contribution in [-0.4, -0.2) is 9.97 Å². The summed E-state index contributed by atoms with van der Waals surface area (Å²) in [7, 11) is 0. The van der Waals surface area contributed by atoms with Gasteiger partial charge in [0.1, 0.15) is 11.5 Å². The fourth-order valence-corrected chi connectivity index (χ4v) is 3.09. The summed E-state index contributed by atoms with van der Waals surface area (Å²) in [5.41, 5.74) is -0.318.